The van der Waals surface area contributed by atoms with Gasteiger partial charge in [-0.3, -0.25) is 9.89 Å². The molecule has 0 bridgehead atoms. The standard InChI is InChI=1S/C15H25N5O2.HI/c1-16-15(17-5-6-20-7-9-22-10-8-20)19-12-13-3-4-14(21-2)18-11-13;/h3-4,11H,5-10,12H2,1-2H3,(H2,16,17,19);1H. The fourth-order valence-electron chi connectivity index (χ4n) is 2.20. The van der Waals surface area contributed by atoms with Gasteiger partial charge in [-0.05, 0) is 5.56 Å². The van der Waals surface area contributed by atoms with E-state index in [1.54, 1.807) is 20.4 Å². The Morgan fingerprint density at radius 3 is 2.74 bits per heavy atom. The van der Waals surface area contributed by atoms with E-state index in [1.807, 2.05) is 12.1 Å². The van der Waals surface area contributed by atoms with Crippen LogP contribution in [0.5, 0.6) is 5.88 Å². The summed E-state index contributed by atoms with van der Waals surface area (Å²) < 4.78 is 10.4. The van der Waals surface area contributed by atoms with Gasteiger partial charge in [-0.25, -0.2) is 4.98 Å². The zero-order valence-electron chi connectivity index (χ0n) is 13.7. The first kappa shape index (κ1) is 19.9. The highest BCUT2D eigenvalue weighted by molar-refractivity contribution is 14.0. The Morgan fingerprint density at radius 1 is 1.35 bits per heavy atom. The summed E-state index contributed by atoms with van der Waals surface area (Å²) in [6, 6.07) is 3.84. The first-order valence-corrected chi connectivity index (χ1v) is 7.55. The van der Waals surface area contributed by atoms with Gasteiger partial charge in [0.25, 0.3) is 0 Å². The van der Waals surface area contributed by atoms with Crippen LogP contribution in [0, 0.1) is 0 Å². The van der Waals surface area contributed by atoms with Gasteiger partial charge in [0.1, 0.15) is 0 Å². The molecule has 1 aliphatic heterocycles. The number of hydrogen-bond donors (Lipinski definition) is 2. The number of rotatable bonds is 6. The van der Waals surface area contributed by atoms with Crippen molar-refractivity contribution in [2.24, 2.45) is 4.99 Å². The second-order valence-electron chi connectivity index (χ2n) is 5.02. The molecule has 1 aromatic rings. The molecular formula is C15H26IN5O2. The van der Waals surface area contributed by atoms with Crippen LogP contribution in [-0.4, -0.2) is 69.4 Å². The smallest absolute Gasteiger partial charge is 0.212 e. The molecule has 0 atom stereocenters. The largest absolute Gasteiger partial charge is 0.481 e. The van der Waals surface area contributed by atoms with Crippen LogP contribution in [0.4, 0.5) is 0 Å². The van der Waals surface area contributed by atoms with E-state index >= 15 is 0 Å². The molecule has 0 aromatic carbocycles. The topological polar surface area (TPSA) is 71.0 Å². The minimum atomic E-state index is 0. The molecule has 0 saturated carbocycles. The van der Waals surface area contributed by atoms with Crippen molar-refractivity contribution in [3.05, 3.63) is 23.9 Å². The predicted octanol–water partition coefficient (Wildman–Crippen LogP) is 0.705. The molecule has 0 spiro atoms. The maximum Gasteiger partial charge on any atom is 0.212 e. The highest BCUT2D eigenvalue weighted by Gasteiger charge is 2.09. The summed E-state index contributed by atoms with van der Waals surface area (Å²) in [6.45, 7) is 6.20. The number of ether oxygens (including phenoxy) is 2. The van der Waals surface area contributed by atoms with Crippen LogP contribution in [-0.2, 0) is 11.3 Å². The number of methoxy groups -OCH3 is 1. The van der Waals surface area contributed by atoms with Gasteiger partial charge in [-0.1, -0.05) is 6.07 Å². The van der Waals surface area contributed by atoms with E-state index in [4.69, 9.17) is 9.47 Å². The molecule has 0 unspecified atom stereocenters. The minimum Gasteiger partial charge on any atom is -0.481 e. The Morgan fingerprint density at radius 2 is 2.13 bits per heavy atom. The molecule has 1 aliphatic rings. The van der Waals surface area contributed by atoms with Crippen molar-refractivity contribution in [1.29, 1.82) is 0 Å². The lowest BCUT2D eigenvalue weighted by molar-refractivity contribution is 0.0389. The molecule has 2 heterocycles. The van der Waals surface area contributed by atoms with Crippen molar-refractivity contribution in [2.75, 3.05) is 53.6 Å². The SMILES string of the molecule is CN=C(NCCN1CCOCC1)NCc1ccc(OC)nc1.I. The molecule has 1 aromatic heterocycles. The third-order valence-electron chi connectivity index (χ3n) is 3.51. The molecule has 130 valence electrons. The first-order chi connectivity index (χ1) is 10.8. The van der Waals surface area contributed by atoms with Crippen LogP contribution in [0.25, 0.3) is 0 Å². The van der Waals surface area contributed by atoms with E-state index in [0.717, 1.165) is 50.9 Å². The van der Waals surface area contributed by atoms with Gasteiger partial charge in [-0.15, -0.1) is 24.0 Å². The number of guanidine groups is 1. The molecule has 1 saturated heterocycles. The monoisotopic (exact) mass is 435 g/mol. The number of morpholine rings is 1. The quantitative estimate of drug-likeness (QED) is 0.390. The van der Waals surface area contributed by atoms with E-state index in [-0.39, 0.29) is 24.0 Å². The maximum atomic E-state index is 5.34. The fraction of sp³-hybridized carbons (Fsp3) is 0.600. The summed E-state index contributed by atoms with van der Waals surface area (Å²) >= 11 is 0. The third-order valence-corrected chi connectivity index (χ3v) is 3.51. The lowest BCUT2D eigenvalue weighted by Gasteiger charge is -2.26. The van der Waals surface area contributed by atoms with Crippen LogP contribution in [0.15, 0.2) is 23.3 Å². The number of aliphatic imine (C=N–C) groups is 1. The van der Waals surface area contributed by atoms with Crippen molar-refractivity contribution in [2.45, 2.75) is 6.54 Å². The second-order valence-corrected chi connectivity index (χ2v) is 5.02. The molecule has 23 heavy (non-hydrogen) atoms. The Labute approximate surface area is 154 Å². The maximum absolute atomic E-state index is 5.34. The van der Waals surface area contributed by atoms with Crippen LogP contribution in [0.1, 0.15) is 5.56 Å². The molecule has 0 aliphatic carbocycles. The van der Waals surface area contributed by atoms with E-state index in [9.17, 15) is 0 Å². The van der Waals surface area contributed by atoms with Gasteiger partial charge in [0.2, 0.25) is 5.88 Å². The van der Waals surface area contributed by atoms with Crippen LogP contribution < -0.4 is 15.4 Å². The van der Waals surface area contributed by atoms with Crippen molar-refractivity contribution < 1.29 is 9.47 Å². The average Bonchev–Trinajstić information content (AvgIpc) is 2.59. The fourth-order valence-corrected chi connectivity index (χ4v) is 2.20. The molecule has 8 heteroatoms. The molecule has 0 radical (unpaired) electrons. The number of nitrogens with zero attached hydrogens (tertiary/aromatic N) is 3. The predicted molar refractivity (Wildman–Crippen MR) is 102 cm³/mol. The Balaban J connectivity index is 0.00000264. The summed E-state index contributed by atoms with van der Waals surface area (Å²) in [5.74, 6) is 1.42. The van der Waals surface area contributed by atoms with Crippen LogP contribution in [0.2, 0.25) is 0 Å². The highest BCUT2D eigenvalue weighted by Crippen LogP contribution is 2.06. The summed E-state index contributed by atoms with van der Waals surface area (Å²) in [4.78, 5) is 10.8. The number of aromatic nitrogens is 1. The van der Waals surface area contributed by atoms with Gasteiger partial charge in [0.05, 0.1) is 20.3 Å². The number of hydrogen-bond acceptors (Lipinski definition) is 5. The number of pyridine rings is 1. The number of halogens is 1. The average molecular weight is 435 g/mol. The number of nitrogens with one attached hydrogen (secondary N) is 2. The van der Waals surface area contributed by atoms with Crippen LogP contribution in [0.3, 0.4) is 0 Å². The van der Waals surface area contributed by atoms with Gasteiger partial charge in [0.15, 0.2) is 5.96 Å². The molecule has 2 N–H and O–H groups in total. The molecular weight excluding hydrogens is 409 g/mol. The first-order valence-electron chi connectivity index (χ1n) is 7.55. The van der Waals surface area contributed by atoms with Gasteiger partial charge >= 0.3 is 0 Å². The Bertz CT molecular complexity index is 463. The molecule has 7 nitrogen and oxygen atoms in total. The van der Waals surface area contributed by atoms with E-state index in [2.05, 4.69) is 25.5 Å². The normalized spacial score (nSPS) is 15.7. The van der Waals surface area contributed by atoms with Crippen molar-refractivity contribution in [1.82, 2.24) is 20.5 Å². The van der Waals surface area contributed by atoms with Gasteiger partial charge < -0.3 is 20.1 Å². The second kappa shape index (κ2) is 11.4. The van der Waals surface area contributed by atoms with Crippen LogP contribution >= 0.6 is 24.0 Å². The summed E-state index contributed by atoms with van der Waals surface area (Å²) in [7, 11) is 3.39. The highest BCUT2D eigenvalue weighted by atomic mass is 127. The van der Waals surface area contributed by atoms with Gasteiger partial charge in [-0.2, -0.15) is 0 Å². The third kappa shape index (κ3) is 7.32. The zero-order valence-corrected chi connectivity index (χ0v) is 16.1. The van der Waals surface area contributed by atoms with Gasteiger partial charge in [0, 0.05) is 52.0 Å². The summed E-state index contributed by atoms with van der Waals surface area (Å²) in [5, 5.41) is 6.60. The van der Waals surface area contributed by atoms with E-state index in [1.165, 1.54) is 0 Å². The van der Waals surface area contributed by atoms with Crippen molar-refractivity contribution in [3.8, 4) is 5.88 Å². The van der Waals surface area contributed by atoms with Crippen molar-refractivity contribution >= 4 is 29.9 Å². The van der Waals surface area contributed by atoms with Crippen molar-refractivity contribution in [3.63, 3.8) is 0 Å². The Kier molecular flexibility index (Phi) is 9.88. The summed E-state index contributed by atoms with van der Waals surface area (Å²) in [6.07, 6.45) is 1.80. The molecule has 0 amide bonds. The van der Waals surface area contributed by atoms with E-state index in [0.29, 0.717) is 12.4 Å². The Hall–Kier alpha value is -1.13. The zero-order chi connectivity index (χ0) is 15.6. The minimum absolute atomic E-state index is 0. The summed E-state index contributed by atoms with van der Waals surface area (Å²) in [5.41, 5.74) is 1.08. The lowest BCUT2D eigenvalue weighted by atomic mass is 10.3. The lowest BCUT2D eigenvalue weighted by Crippen LogP contribution is -2.44. The van der Waals surface area contributed by atoms with E-state index < -0.39 is 0 Å². The molecule has 1 fully saturated rings. The molecule has 2 rings (SSSR count).